The Morgan fingerprint density at radius 3 is 2.74 bits per heavy atom. The molecule has 2 amide bonds. The fourth-order valence-corrected chi connectivity index (χ4v) is 2.32. The molecule has 3 nitrogen and oxygen atoms in total. The molecule has 0 aliphatic carbocycles. The summed E-state index contributed by atoms with van der Waals surface area (Å²) in [5.74, 6) is -3.32. The third-order valence-electron chi connectivity index (χ3n) is 3.04. The summed E-state index contributed by atoms with van der Waals surface area (Å²) in [6, 6.07) is 2.34. The Balaban J connectivity index is 2.10. The maximum Gasteiger partial charge on any atom is 0.322 e. The fraction of sp³-hybridized carbons (Fsp3) is 0.417. The maximum absolute atomic E-state index is 13.6. The minimum Gasteiger partial charge on any atom is -0.318 e. The Kier molecular flexibility index (Phi) is 3.75. The van der Waals surface area contributed by atoms with Gasteiger partial charge in [-0.05, 0) is 35.0 Å². The number of likely N-dealkylation sites (tertiary alicyclic amines) is 1. The van der Waals surface area contributed by atoms with Crippen LogP contribution >= 0.6 is 15.9 Å². The molecule has 1 aromatic carbocycles. The van der Waals surface area contributed by atoms with Crippen LogP contribution in [-0.4, -0.2) is 29.9 Å². The van der Waals surface area contributed by atoms with Crippen LogP contribution in [0.2, 0.25) is 0 Å². The molecule has 1 saturated heterocycles. The van der Waals surface area contributed by atoms with Crippen molar-refractivity contribution in [2.45, 2.75) is 19.3 Å². The van der Waals surface area contributed by atoms with Crippen molar-refractivity contribution in [1.82, 2.24) is 4.90 Å². The number of amides is 2. The van der Waals surface area contributed by atoms with E-state index in [0.29, 0.717) is 0 Å². The summed E-state index contributed by atoms with van der Waals surface area (Å²) >= 11 is 3.03. The number of hydrogen-bond donors (Lipinski definition) is 1. The summed E-state index contributed by atoms with van der Waals surface area (Å²) < 4.78 is 39.9. The molecule has 104 valence electrons. The van der Waals surface area contributed by atoms with Crippen molar-refractivity contribution < 1.29 is 18.0 Å². The molecule has 7 heteroatoms. The number of carbonyl (C=O) groups excluding carboxylic acids is 1. The van der Waals surface area contributed by atoms with Gasteiger partial charge in [-0.3, -0.25) is 0 Å². The van der Waals surface area contributed by atoms with Gasteiger partial charge in [0.2, 0.25) is 0 Å². The van der Waals surface area contributed by atoms with Crippen LogP contribution in [0.3, 0.4) is 0 Å². The van der Waals surface area contributed by atoms with Gasteiger partial charge in [0, 0.05) is 24.2 Å². The van der Waals surface area contributed by atoms with Crippen LogP contribution in [0.4, 0.5) is 23.7 Å². The number of urea groups is 1. The lowest BCUT2D eigenvalue weighted by Crippen LogP contribution is -2.35. The summed E-state index contributed by atoms with van der Waals surface area (Å²) in [6.07, 6.45) is -0.339. The predicted octanol–water partition coefficient (Wildman–Crippen LogP) is 3.77. The first-order chi connectivity index (χ1) is 8.80. The molecule has 2 rings (SSSR count). The second-order valence-corrected chi connectivity index (χ2v) is 5.35. The molecule has 0 spiro atoms. The average molecular weight is 337 g/mol. The van der Waals surface area contributed by atoms with Gasteiger partial charge in [-0.15, -0.1) is 0 Å². The number of benzene rings is 1. The normalized spacial score (nSPS) is 17.6. The Hall–Kier alpha value is -1.24. The van der Waals surface area contributed by atoms with E-state index in [1.165, 1.54) is 19.1 Å². The molecular formula is C12H12BrF3N2O. The molecule has 0 saturated carbocycles. The van der Waals surface area contributed by atoms with E-state index in [0.717, 1.165) is 4.90 Å². The smallest absolute Gasteiger partial charge is 0.318 e. The molecule has 1 fully saturated rings. The first kappa shape index (κ1) is 14.2. The van der Waals surface area contributed by atoms with Crippen molar-refractivity contribution in [3.05, 3.63) is 28.0 Å². The lowest BCUT2D eigenvalue weighted by molar-refractivity contribution is 0.0159. The molecular weight excluding hydrogens is 325 g/mol. The fourth-order valence-electron chi connectivity index (χ4n) is 1.89. The summed E-state index contributed by atoms with van der Waals surface area (Å²) in [4.78, 5) is 12.8. The lowest BCUT2D eigenvalue weighted by atomic mass is 10.2. The zero-order valence-electron chi connectivity index (χ0n) is 10.1. The van der Waals surface area contributed by atoms with Gasteiger partial charge in [0.15, 0.2) is 0 Å². The molecule has 1 aromatic rings. The van der Waals surface area contributed by atoms with Gasteiger partial charge >= 0.3 is 6.03 Å². The van der Waals surface area contributed by atoms with Gasteiger partial charge in [-0.2, -0.15) is 0 Å². The Morgan fingerprint density at radius 1 is 1.47 bits per heavy atom. The zero-order chi connectivity index (χ0) is 14.2. The third kappa shape index (κ3) is 3.02. The van der Waals surface area contributed by atoms with E-state index in [2.05, 4.69) is 21.2 Å². The van der Waals surface area contributed by atoms with Gasteiger partial charge in [-0.25, -0.2) is 18.0 Å². The van der Waals surface area contributed by atoms with Crippen molar-refractivity contribution in [3.63, 3.8) is 0 Å². The number of halogens is 4. The minimum absolute atomic E-state index is 0.00308. The number of anilines is 1. The molecule has 0 bridgehead atoms. The Bertz CT molecular complexity index is 522. The van der Waals surface area contributed by atoms with Gasteiger partial charge in [0.25, 0.3) is 5.92 Å². The first-order valence-electron chi connectivity index (χ1n) is 5.68. The van der Waals surface area contributed by atoms with Crippen LogP contribution < -0.4 is 5.32 Å². The lowest BCUT2D eigenvalue weighted by Gasteiger charge is -2.18. The van der Waals surface area contributed by atoms with Crippen LogP contribution in [0.1, 0.15) is 12.0 Å². The number of nitrogens with one attached hydrogen (secondary N) is 1. The molecule has 0 aromatic heterocycles. The van der Waals surface area contributed by atoms with Gasteiger partial charge in [0.1, 0.15) is 5.82 Å². The standard InChI is InChI=1S/C12H12BrF3N2O/c1-7-9(3-2-8(13)10(7)14)17-11(19)18-5-4-12(15,16)6-18/h2-3H,4-6H2,1H3,(H,17,19). The van der Waals surface area contributed by atoms with E-state index >= 15 is 0 Å². The Labute approximate surface area is 116 Å². The van der Waals surface area contributed by atoms with E-state index < -0.39 is 24.3 Å². The number of nitrogens with zero attached hydrogens (tertiary/aromatic N) is 1. The van der Waals surface area contributed by atoms with E-state index in [4.69, 9.17) is 0 Å². The summed E-state index contributed by atoms with van der Waals surface area (Å²) in [6.45, 7) is 0.905. The van der Waals surface area contributed by atoms with Crippen molar-refractivity contribution >= 4 is 27.6 Å². The van der Waals surface area contributed by atoms with E-state index in [9.17, 15) is 18.0 Å². The summed E-state index contributed by atoms with van der Waals surface area (Å²) in [5.41, 5.74) is 0.537. The quantitative estimate of drug-likeness (QED) is 0.831. The van der Waals surface area contributed by atoms with Crippen molar-refractivity contribution in [3.8, 4) is 0 Å². The molecule has 1 aliphatic heterocycles. The van der Waals surface area contributed by atoms with Gasteiger partial charge < -0.3 is 10.2 Å². The topological polar surface area (TPSA) is 32.3 Å². The number of alkyl halides is 2. The summed E-state index contributed by atoms with van der Waals surface area (Å²) in [5, 5.41) is 2.45. The van der Waals surface area contributed by atoms with Crippen molar-refractivity contribution in [2.24, 2.45) is 0 Å². The highest BCUT2D eigenvalue weighted by molar-refractivity contribution is 9.10. The molecule has 19 heavy (non-hydrogen) atoms. The number of hydrogen-bond acceptors (Lipinski definition) is 1. The highest BCUT2D eigenvalue weighted by Gasteiger charge is 2.40. The predicted molar refractivity (Wildman–Crippen MR) is 69.0 cm³/mol. The highest BCUT2D eigenvalue weighted by atomic mass is 79.9. The number of rotatable bonds is 1. The van der Waals surface area contributed by atoms with Crippen LogP contribution in [0, 0.1) is 12.7 Å². The van der Waals surface area contributed by atoms with Crippen LogP contribution in [0.15, 0.2) is 16.6 Å². The maximum atomic E-state index is 13.6. The Morgan fingerprint density at radius 2 is 2.16 bits per heavy atom. The van der Waals surface area contributed by atoms with Crippen LogP contribution in [0.25, 0.3) is 0 Å². The average Bonchev–Trinajstić information content (AvgIpc) is 2.70. The van der Waals surface area contributed by atoms with E-state index in [-0.39, 0.29) is 28.7 Å². The van der Waals surface area contributed by atoms with Gasteiger partial charge in [-0.1, -0.05) is 0 Å². The monoisotopic (exact) mass is 336 g/mol. The van der Waals surface area contributed by atoms with E-state index in [1.54, 1.807) is 0 Å². The molecule has 1 aliphatic rings. The zero-order valence-corrected chi connectivity index (χ0v) is 11.7. The van der Waals surface area contributed by atoms with Crippen molar-refractivity contribution in [1.29, 1.82) is 0 Å². The largest absolute Gasteiger partial charge is 0.322 e. The second-order valence-electron chi connectivity index (χ2n) is 4.49. The highest BCUT2D eigenvalue weighted by Crippen LogP contribution is 2.28. The first-order valence-corrected chi connectivity index (χ1v) is 6.48. The molecule has 0 unspecified atom stereocenters. The van der Waals surface area contributed by atoms with Gasteiger partial charge in [0.05, 0.1) is 11.0 Å². The van der Waals surface area contributed by atoms with E-state index in [1.807, 2.05) is 0 Å². The molecule has 0 atom stereocenters. The third-order valence-corrected chi connectivity index (χ3v) is 3.65. The number of carbonyl (C=O) groups is 1. The molecule has 0 radical (unpaired) electrons. The van der Waals surface area contributed by atoms with Crippen LogP contribution in [0.5, 0.6) is 0 Å². The molecule has 1 N–H and O–H groups in total. The SMILES string of the molecule is Cc1c(NC(=O)N2CCC(F)(F)C2)ccc(Br)c1F. The second kappa shape index (κ2) is 5.03. The minimum atomic E-state index is -2.84. The van der Waals surface area contributed by atoms with Crippen LogP contribution in [-0.2, 0) is 0 Å². The van der Waals surface area contributed by atoms with Crippen molar-refractivity contribution in [2.75, 3.05) is 18.4 Å². The summed E-state index contributed by atoms with van der Waals surface area (Å²) in [7, 11) is 0. The molecule has 1 heterocycles.